The Hall–Kier alpha value is -0.310. The molecule has 0 fully saturated rings. The van der Waals surface area contributed by atoms with Crippen molar-refractivity contribution in [1.82, 2.24) is 9.03 Å². The molecule has 0 rings (SSSR count). The van der Waals surface area contributed by atoms with E-state index in [2.05, 4.69) is 4.72 Å². The maximum absolute atomic E-state index is 11.7. The summed E-state index contributed by atoms with van der Waals surface area (Å²) in [5, 5.41) is 8.47. The molecule has 0 aromatic rings. The summed E-state index contributed by atoms with van der Waals surface area (Å²) in [6.45, 7) is 2.29. The van der Waals surface area contributed by atoms with Gasteiger partial charge in [0.2, 0.25) is 0 Å². The van der Waals surface area contributed by atoms with Gasteiger partial charge < -0.3 is 5.11 Å². The van der Waals surface area contributed by atoms with Gasteiger partial charge >= 0.3 is 5.97 Å². The molecule has 0 saturated heterocycles. The van der Waals surface area contributed by atoms with E-state index in [4.69, 9.17) is 5.11 Å². The Morgan fingerprint density at radius 3 is 2.59 bits per heavy atom. The standard InChI is InChI=1S/C9H20N2O4S2/c1-8(7-16-3)6-10-17(14,15)11(2)5-4-9(12)13/h8,10H,4-7H2,1-3H3,(H,12,13). The molecule has 0 aromatic heterocycles. The third kappa shape index (κ3) is 7.58. The van der Waals surface area contributed by atoms with Crippen molar-refractivity contribution in [2.24, 2.45) is 5.92 Å². The van der Waals surface area contributed by atoms with Gasteiger partial charge in [-0.3, -0.25) is 4.79 Å². The number of aliphatic carboxylic acids is 1. The van der Waals surface area contributed by atoms with Crippen molar-refractivity contribution in [3.63, 3.8) is 0 Å². The number of thioether (sulfide) groups is 1. The van der Waals surface area contributed by atoms with E-state index >= 15 is 0 Å². The molecule has 0 bridgehead atoms. The molecular weight excluding hydrogens is 264 g/mol. The van der Waals surface area contributed by atoms with Crippen molar-refractivity contribution in [3.8, 4) is 0 Å². The third-order valence-electron chi connectivity index (χ3n) is 2.12. The van der Waals surface area contributed by atoms with Crippen LogP contribution < -0.4 is 4.72 Å². The fourth-order valence-electron chi connectivity index (χ4n) is 1.07. The Morgan fingerprint density at radius 1 is 1.53 bits per heavy atom. The fraction of sp³-hybridized carbons (Fsp3) is 0.889. The smallest absolute Gasteiger partial charge is 0.304 e. The largest absolute Gasteiger partial charge is 0.481 e. The Labute approximate surface area is 107 Å². The Balaban J connectivity index is 4.13. The highest BCUT2D eigenvalue weighted by Crippen LogP contribution is 2.04. The number of nitrogens with one attached hydrogen (secondary N) is 1. The number of carboxylic acids is 1. The fourth-order valence-corrected chi connectivity index (χ4v) is 2.81. The zero-order valence-electron chi connectivity index (χ0n) is 10.3. The molecule has 2 N–H and O–H groups in total. The van der Waals surface area contributed by atoms with Crippen molar-refractivity contribution in [1.29, 1.82) is 0 Å². The van der Waals surface area contributed by atoms with Gasteiger partial charge in [0.25, 0.3) is 10.2 Å². The summed E-state index contributed by atoms with van der Waals surface area (Å²) < 4.78 is 26.8. The lowest BCUT2D eigenvalue weighted by Gasteiger charge is -2.18. The van der Waals surface area contributed by atoms with Gasteiger partial charge in [0.05, 0.1) is 6.42 Å². The molecule has 0 aliphatic rings. The monoisotopic (exact) mass is 284 g/mol. The van der Waals surface area contributed by atoms with E-state index in [9.17, 15) is 13.2 Å². The van der Waals surface area contributed by atoms with Crippen LogP contribution in [0.5, 0.6) is 0 Å². The van der Waals surface area contributed by atoms with Gasteiger partial charge in [-0.15, -0.1) is 0 Å². The lowest BCUT2D eigenvalue weighted by atomic mass is 10.2. The van der Waals surface area contributed by atoms with Crippen molar-refractivity contribution in [3.05, 3.63) is 0 Å². The van der Waals surface area contributed by atoms with Gasteiger partial charge in [-0.25, -0.2) is 4.72 Å². The van der Waals surface area contributed by atoms with Crippen LogP contribution >= 0.6 is 11.8 Å². The maximum atomic E-state index is 11.7. The zero-order valence-corrected chi connectivity index (χ0v) is 12.0. The van der Waals surface area contributed by atoms with Crippen molar-refractivity contribution >= 4 is 27.9 Å². The van der Waals surface area contributed by atoms with Crippen LogP contribution in [-0.4, -0.2) is 55.9 Å². The first kappa shape index (κ1) is 16.7. The molecular formula is C9H20N2O4S2. The summed E-state index contributed by atoms with van der Waals surface area (Å²) in [5.41, 5.74) is 0. The molecule has 1 unspecified atom stereocenters. The number of carbonyl (C=O) groups is 1. The van der Waals surface area contributed by atoms with Crippen LogP contribution in [0.15, 0.2) is 0 Å². The number of carboxylic acid groups (broad SMARTS) is 1. The highest BCUT2D eigenvalue weighted by atomic mass is 32.2. The first-order valence-electron chi connectivity index (χ1n) is 5.21. The second kappa shape index (κ2) is 7.91. The highest BCUT2D eigenvalue weighted by molar-refractivity contribution is 7.98. The predicted octanol–water partition coefficient (Wildman–Crippen LogP) is 0.226. The van der Waals surface area contributed by atoms with Gasteiger partial charge in [-0.05, 0) is 17.9 Å². The zero-order chi connectivity index (χ0) is 13.5. The summed E-state index contributed by atoms with van der Waals surface area (Å²) in [6, 6.07) is 0. The molecule has 6 nitrogen and oxygen atoms in total. The minimum atomic E-state index is -3.56. The molecule has 0 aliphatic heterocycles. The van der Waals surface area contributed by atoms with Crippen molar-refractivity contribution in [2.45, 2.75) is 13.3 Å². The van der Waals surface area contributed by atoms with E-state index < -0.39 is 16.2 Å². The minimum Gasteiger partial charge on any atom is -0.481 e. The van der Waals surface area contributed by atoms with Crippen LogP contribution in [0, 0.1) is 5.92 Å². The average Bonchev–Trinajstić information content (AvgIpc) is 2.23. The third-order valence-corrected chi connectivity index (χ3v) is 4.55. The van der Waals surface area contributed by atoms with E-state index in [0.29, 0.717) is 6.54 Å². The molecule has 0 spiro atoms. The van der Waals surface area contributed by atoms with Crippen LogP contribution in [0.3, 0.4) is 0 Å². The van der Waals surface area contributed by atoms with E-state index in [-0.39, 0.29) is 18.9 Å². The van der Waals surface area contributed by atoms with Crippen LogP contribution in [0.25, 0.3) is 0 Å². The normalized spacial score (nSPS) is 13.9. The summed E-state index contributed by atoms with van der Waals surface area (Å²) in [5.74, 6) is 0.108. The molecule has 0 aliphatic carbocycles. The van der Waals surface area contributed by atoms with Crippen LogP contribution in [-0.2, 0) is 15.0 Å². The van der Waals surface area contributed by atoms with Crippen molar-refractivity contribution < 1.29 is 18.3 Å². The van der Waals surface area contributed by atoms with Crippen LogP contribution in [0.4, 0.5) is 0 Å². The molecule has 8 heteroatoms. The SMILES string of the molecule is CSCC(C)CNS(=O)(=O)N(C)CCC(=O)O. The van der Waals surface area contributed by atoms with E-state index in [1.807, 2.05) is 13.2 Å². The predicted molar refractivity (Wildman–Crippen MR) is 69.4 cm³/mol. The minimum absolute atomic E-state index is 0.0262. The average molecular weight is 284 g/mol. The lowest BCUT2D eigenvalue weighted by molar-refractivity contribution is -0.137. The molecule has 0 aromatic carbocycles. The Kier molecular flexibility index (Phi) is 7.77. The molecule has 1 atom stereocenters. The quantitative estimate of drug-likeness (QED) is 0.633. The summed E-state index contributed by atoms with van der Waals surface area (Å²) in [7, 11) is -2.19. The van der Waals surface area contributed by atoms with Gasteiger partial charge in [-0.2, -0.15) is 24.5 Å². The number of rotatable bonds is 9. The van der Waals surface area contributed by atoms with Crippen molar-refractivity contribution in [2.75, 3.05) is 32.1 Å². The Morgan fingerprint density at radius 2 is 2.12 bits per heavy atom. The maximum Gasteiger partial charge on any atom is 0.304 e. The lowest BCUT2D eigenvalue weighted by Crippen LogP contribution is -2.41. The van der Waals surface area contributed by atoms with E-state index in [1.54, 1.807) is 11.8 Å². The van der Waals surface area contributed by atoms with Gasteiger partial charge in [-0.1, -0.05) is 6.92 Å². The number of hydrogen-bond acceptors (Lipinski definition) is 4. The molecule has 0 saturated carbocycles. The van der Waals surface area contributed by atoms with Gasteiger partial charge in [0, 0.05) is 20.1 Å². The first-order chi connectivity index (χ1) is 7.79. The second-order valence-corrected chi connectivity index (χ2v) is 6.65. The van der Waals surface area contributed by atoms with Gasteiger partial charge in [0.1, 0.15) is 0 Å². The van der Waals surface area contributed by atoms with E-state index in [0.717, 1.165) is 10.1 Å². The number of hydrogen-bond donors (Lipinski definition) is 2. The summed E-state index contributed by atoms with van der Waals surface area (Å²) >= 11 is 1.66. The van der Waals surface area contributed by atoms with Crippen LogP contribution in [0.2, 0.25) is 0 Å². The second-order valence-electron chi connectivity index (χ2n) is 3.88. The summed E-state index contributed by atoms with van der Waals surface area (Å²) in [6.07, 6.45) is 1.77. The highest BCUT2D eigenvalue weighted by Gasteiger charge is 2.18. The molecule has 17 heavy (non-hydrogen) atoms. The first-order valence-corrected chi connectivity index (χ1v) is 8.04. The van der Waals surface area contributed by atoms with Gasteiger partial charge in [0.15, 0.2) is 0 Å². The molecule has 0 amide bonds. The number of nitrogens with zero attached hydrogens (tertiary/aromatic N) is 1. The summed E-state index contributed by atoms with van der Waals surface area (Å²) in [4.78, 5) is 10.3. The van der Waals surface area contributed by atoms with E-state index in [1.165, 1.54) is 7.05 Å². The molecule has 102 valence electrons. The molecule has 0 radical (unpaired) electrons. The van der Waals surface area contributed by atoms with Crippen LogP contribution in [0.1, 0.15) is 13.3 Å². The molecule has 0 heterocycles. The Bertz CT molecular complexity index is 332. The topological polar surface area (TPSA) is 86.7 Å².